The first-order chi connectivity index (χ1) is 9.13. The monoisotopic (exact) mass is 272 g/mol. The number of rotatable bonds is 2. The van der Waals surface area contributed by atoms with Crippen LogP contribution in [0.25, 0.3) is 11.2 Å². The third kappa shape index (κ3) is 2.27. The van der Waals surface area contributed by atoms with Gasteiger partial charge in [-0.2, -0.15) is 0 Å². The predicted octanol–water partition coefficient (Wildman–Crippen LogP) is 3.02. The van der Waals surface area contributed by atoms with Crippen molar-refractivity contribution in [3.8, 4) is 0 Å². The van der Waals surface area contributed by atoms with Gasteiger partial charge in [0, 0.05) is 10.7 Å². The van der Waals surface area contributed by atoms with Crippen LogP contribution in [0.15, 0.2) is 36.4 Å². The lowest BCUT2D eigenvalue weighted by Gasteiger charge is -2.06. The van der Waals surface area contributed by atoms with Crippen molar-refractivity contribution in [1.82, 2.24) is 14.5 Å². The Bertz CT molecular complexity index is 748. The summed E-state index contributed by atoms with van der Waals surface area (Å²) in [5, 5.41) is 0.713. The molecule has 5 heteroatoms. The predicted molar refractivity (Wildman–Crippen MR) is 77.2 cm³/mol. The summed E-state index contributed by atoms with van der Waals surface area (Å²) in [6.07, 6.45) is 0. The molecule has 4 nitrogen and oxygen atoms in total. The van der Waals surface area contributed by atoms with Gasteiger partial charge in [-0.25, -0.2) is 9.97 Å². The molecule has 0 aliphatic heterocycles. The van der Waals surface area contributed by atoms with Crippen molar-refractivity contribution in [1.29, 1.82) is 0 Å². The number of nitrogens with two attached hydrogens (primary N) is 1. The van der Waals surface area contributed by atoms with Crippen LogP contribution in [0.1, 0.15) is 11.3 Å². The van der Waals surface area contributed by atoms with Crippen molar-refractivity contribution < 1.29 is 0 Å². The van der Waals surface area contributed by atoms with Gasteiger partial charge in [0.25, 0.3) is 0 Å². The molecule has 0 aliphatic carbocycles. The summed E-state index contributed by atoms with van der Waals surface area (Å²) in [6, 6.07) is 11.6. The van der Waals surface area contributed by atoms with Crippen LogP contribution in [0.4, 0.5) is 5.95 Å². The fourth-order valence-corrected chi connectivity index (χ4v) is 2.30. The maximum atomic E-state index is 6.00. The molecule has 0 radical (unpaired) electrons. The zero-order chi connectivity index (χ0) is 13.4. The number of hydrogen-bond donors (Lipinski definition) is 1. The van der Waals surface area contributed by atoms with E-state index in [1.807, 2.05) is 47.9 Å². The molecule has 2 aromatic heterocycles. The number of nitrogen functional groups attached to an aromatic ring is 1. The van der Waals surface area contributed by atoms with E-state index in [1.165, 1.54) is 0 Å². The minimum absolute atomic E-state index is 0.466. The second-order valence-electron chi connectivity index (χ2n) is 4.48. The summed E-state index contributed by atoms with van der Waals surface area (Å²) in [7, 11) is 0. The molecule has 0 saturated heterocycles. The molecule has 3 rings (SSSR count). The van der Waals surface area contributed by atoms with E-state index >= 15 is 0 Å². The summed E-state index contributed by atoms with van der Waals surface area (Å²) in [5.41, 5.74) is 9.60. The number of hydrogen-bond acceptors (Lipinski definition) is 3. The Hall–Kier alpha value is -2.07. The topological polar surface area (TPSA) is 56.7 Å². The van der Waals surface area contributed by atoms with Gasteiger partial charge in [0.1, 0.15) is 5.52 Å². The number of anilines is 1. The van der Waals surface area contributed by atoms with E-state index in [-0.39, 0.29) is 0 Å². The molecule has 0 amide bonds. The largest absolute Gasteiger partial charge is 0.369 e. The number of fused-ring (bicyclic) bond motifs is 1. The fourth-order valence-electron chi connectivity index (χ4n) is 2.09. The molecule has 0 unspecified atom stereocenters. The van der Waals surface area contributed by atoms with Crippen molar-refractivity contribution >= 4 is 28.7 Å². The fraction of sp³-hybridized carbons (Fsp3) is 0.143. The van der Waals surface area contributed by atoms with Gasteiger partial charge in [-0.05, 0) is 36.8 Å². The number of pyridine rings is 1. The van der Waals surface area contributed by atoms with Gasteiger partial charge in [-0.1, -0.05) is 23.7 Å². The van der Waals surface area contributed by atoms with Crippen molar-refractivity contribution in [3.63, 3.8) is 0 Å². The molecule has 0 spiro atoms. The van der Waals surface area contributed by atoms with E-state index in [1.54, 1.807) is 0 Å². The lowest BCUT2D eigenvalue weighted by molar-refractivity contribution is 0.826. The standard InChI is InChI=1S/C14H13ClN4/c1-9-5-6-12-13(17-9)19(14(16)18-12)8-10-3-2-4-11(15)7-10/h2-7H,8H2,1H3,(H2,16,18). The Morgan fingerprint density at radius 3 is 2.84 bits per heavy atom. The van der Waals surface area contributed by atoms with Crippen LogP contribution in [0, 0.1) is 6.92 Å². The molecule has 2 N–H and O–H groups in total. The second-order valence-corrected chi connectivity index (χ2v) is 4.92. The highest BCUT2D eigenvalue weighted by Crippen LogP contribution is 2.19. The molecule has 2 heterocycles. The number of aromatic nitrogens is 3. The average Bonchev–Trinajstić information content (AvgIpc) is 2.66. The van der Waals surface area contributed by atoms with Crippen molar-refractivity contribution in [2.75, 3.05) is 5.73 Å². The van der Waals surface area contributed by atoms with Crippen LogP contribution in [-0.2, 0) is 6.54 Å². The number of benzene rings is 1. The van der Waals surface area contributed by atoms with Gasteiger partial charge in [0.05, 0.1) is 6.54 Å². The SMILES string of the molecule is Cc1ccc2nc(N)n(Cc3cccc(Cl)c3)c2n1. The van der Waals surface area contributed by atoms with Gasteiger partial charge >= 0.3 is 0 Å². The highest BCUT2D eigenvalue weighted by molar-refractivity contribution is 6.30. The summed E-state index contributed by atoms with van der Waals surface area (Å²) in [6.45, 7) is 2.56. The Balaban J connectivity index is 2.09. The summed E-state index contributed by atoms with van der Waals surface area (Å²) >= 11 is 6.00. The van der Waals surface area contributed by atoms with Crippen LogP contribution in [0.2, 0.25) is 5.02 Å². The first-order valence-electron chi connectivity index (χ1n) is 5.97. The summed E-state index contributed by atoms with van der Waals surface area (Å²) < 4.78 is 1.90. The highest BCUT2D eigenvalue weighted by Gasteiger charge is 2.10. The van der Waals surface area contributed by atoms with Gasteiger partial charge in [-0.15, -0.1) is 0 Å². The van der Waals surface area contributed by atoms with Crippen LogP contribution >= 0.6 is 11.6 Å². The van der Waals surface area contributed by atoms with Crippen molar-refractivity contribution in [3.05, 3.63) is 52.7 Å². The van der Waals surface area contributed by atoms with Gasteiger partial charge < -0.3 is 5.73 Å². The van der Waals surface area contributed by atoms with Crippen molar-refractivity contribution in [2.45, 2.75) is 13.5 Å². The molecular formula is C14H13ClN4. The van der Waals surface area contributed by atoms with Crippen LogP contribution in [-0.4, -0.2) is 14.5 Å². The Kier molecular flexibility index (Phi) is 2.87. The first-order valence-corrected chi connectivity index (χ1v) is 6.35. The van der Waals surface area contributed by atoms with E-state index in [9.17, 15) is 0 Å². The smallest absolute Gasteiger partial charge is 0.202 e. The first kappa shape index (κ1) is 12.0. The maximum Gasteiger partial charge on any atom is 0.202 e. The van der Waals surface area contributed by atoms with Crippen LogP contribution in [0.3, 0.4) is 0 Å². The quantitative estimate of drug-likeness (QED) is 0.780. The third-order valence-electron chi connectivity index (χ3n) is 2.99. The molecule has 0 bridgehead atoms. The highest BCUT2D eigenvalue weighted by atomic mass is 35.5. The lowest BCUT2D eigenvalue weighted by atomic mass is 10.2. The zero-order valence-corrected chi connectivity index (χ0v) is 11.2. The van der Waals surface area contributed by atoms with E-state index < -0.39 is 0 Å². The van der Waals surface area contributed by atoms with E-state index in [4.69, 9.17) is 17.3 Å². The van der Waals surface area contributed by atoms with Crippen LogP contribution in [0.5, 0.6) is 0 Å². The molecular weight excluding hydrogens is 260 g/mol. The molecule has 0 aliphatic rings. The molecule has 0 atom stereocenters. The van der Waals surface area contributed by atoms with Gasteiger partial charge in [-0.3, -0.25) is 4.57 Å². The third-order valence-corrected chi connectivity index (χ3v) is 3.23. The minimum Gasteiger partial charge on any atom is -0.369 e. The maximum absolute atomic E-state index is 6.00. The Morgan fingerprint density at radius 1 is 1.21 bits per heavy atom. The van der Waals surface area contributed by atoms with Crippen molar-refractivity contribution in [2.24, 2.45) is 0 Å². The zero-order valence-electron chi connectivity index (χ0n) is 10.5. The Labute approximate surface area is 115 Å². The van der Waals surface area contributed by atoms with Gasteiger partial charge in [0.15, 0.2) is 5.65 Å². The molecule has 19 heavy (non-hydrogen) atoms. The van der Waals surface area contributed by atoms with E-state index in [0.717, 1.165) is 22.4 Å². The molecule has 3 aromatic rings. The number of imidazole rings is 1. The van der Waals surface area contributed by atoms with Crippen LogP contribution < -0.4 is 5.73 Å². The van der Waals surface area contributed by atoms with Gasteiger partial charge in [0.2, 0.25) is 5.95 Å². The summed E-state index contributed by atoms with van der Waals surface area (Å²) in [4.78, 5) is 8.82. The molecule has 96 valence electrons. The molecule has 1 aromatic carbocycles. The number of nitrogens with zero attached hydrogens (tertiary/aromatic N) is 3. The number of halogens is 1. The van der Waals surface area contributed by atoms with E-state index in [2.05, 4.69) is 9.97 Å². The molecule has 0 saturated carbocycles. The Morgan fingerprint density at radius 2 is 2.05 bits per heavy atom. The molecule has 0 fully saturated rings. The lowest BCUT2D eigenvalue weighted by Crippen LogP contribution is -2.05. The number of aryl methyl sites for hydroxylation is 1. The minimum atomic E-state index is 0.466. The second kappa shape index (κ2) is 4.55. The average molecular weight is 273 g/mol. The normalized spacial score (nSPS) is 11.1. The van der Waals surface area contributed by atoms with E-state index in [0.29, 0.717) is 17.5 Å². The summed E-state index contributed by atoms with van der Waals surface area (Å²) in [5.74, 6) is 0.466.